The molecule has 0 spiro atoms. The number of rotatable bonds is 6. The number of anilines is 1. The Balaban J connectivity index is 1.57. The molecule has 0 unspecified atom stereocenters. The Morgan fingerprint density at radius 2 is 1.96 bits per heavy atom. The highest BCUT2D eigenvalue weighted by atomic mass is 16.1. The molecule has 1 aromatic carbocycles. The molecular weight excluding hydrogens is 312 g/mol. The van der Waals surface area contributed by atoms with E-state index in [9.17, 15) is 4.79 Å². The summed E-state index contributed by atoms with van der Waals surface area (Å²) < 4.78 is 0. The van der Waals surface area contributed by atoms with Crippen molar-refractivity contribution in [2.75, 3.05) is 11.9 Å². The standard InChI is InChI=1S/C20H30N4O/c1-2-21-20(24-17-11-12-17)22-14-15-7-6-10-18(13-15)23-19(25)16-8-4-3-5-9-16/h6-7,10,13,16-17H,2-5,8-9,11-12,14H2,1H3,(H,23,25)(H2,21,22,24). The van der Waals surface area contributed by atoms with Crippen molar-refractivity contribution >= 4 is 17.6 Å². The van der Waals surface area contributed by atoms with Crippen LogP contribution in [-0.2, 0) is 11.3 Å². The second-order valence-corrected chi connectivity index (χ2v) is 7.14. The van der Waals surface area contributed by atoms with Crippen LogP contribution in [0.2, 0.25) is 0 Å². The molecule has 2 aliphatic carbocycles. The van der Waals surface area contributed by atoms with Crippen molar-refractivity contribution in [2.45, 2.75) is 64.5 Å². The minimum atomic E-state index is 0.170. The highest BCUT2D eigenvalue weighted by Crippen LogP contribution is 2.25. The first-order valence-corrected chi connectivity index (χ1v) is 9.69. The third kappa shape index (κ3) is 5.76. The number of amides is 1. The molecule has 2 saturated carbocycles. The minimum absolute atomic E-state index is 0.170. The number of hydrogen-bond donors (Lipinski definition) is 3. The Kier molecular flexibility index (Phi) is 6.31. The maximum Gasteiger partial charge on any atom is 0.227 e. The van der Waals surface area contributed by atoms with Gasteiger partial charge in [0, 0.05) is 24.2 Å². The van der Waals surface area contributed by atoms with Gasteiger partial charge in [-0.3, -0.25) is 4.79 Å². The van der Waals surface area contributed by atoms with Gasteiger partial charge < -0.3 is 16.0 Å². The highest BCUT2D eigenvalue weighted by Gasteiger charge is 2.22. The van der Waals surface area contributed by atoms with Crippen LogP contribution < -0.4 is 16.0 Å². The van der Waals surface area contributed by atoms with E-state index in [4.69, 9.17) is 0 Å². The Labute approximate surface area is 150 Å². The van der Waals surface area contributed by atoms with Gasteiger partial charge in [0.1, 0.15) is 0 Å². The largest absolute Gasteiger partial charge is 0.357 e. The fraction of sp³-hybridized carbons (Fsp3) is 0.600. The van der Waals surface area contributed by atoms with E-state index in [0.717, 1.165) is 36.6 Å². The third-order valence-electron chi connectivity index (χ3n) is 4.85. The van der Waals surface area contributed by atoms with E-state index in [2.05, 4.69) is 33.9 Å². The van der Waals surface area contributed by atoms with E-state index in [1.54, 1.807) is 0 Å². The van der Waals surface area contributed by atoms with Crippen LogP contribution in [0.1, 0.15) is 57.4 Å². The zero-order valence-corrected chi connectivity index (χ0v) is 15.2. The van der Waals surface area contributed by atoms with E-state index in [1.807, 2.05) is 18.2 Å². The molecule has 0 bridgehead atoms. The van der Waals surface area contributed by atoms with Gasteiger partial charge in [0.15, 0.2) is 5.96 Å². The second kappa shape index (κ2) is 8.88. The second-order valence-electron chi connectivity index (χ2n) is 7.14. The van der Waals surface area contributed by atoms with E-state index < -0.39 is 0 Å². The predicted molar refractivity (Wildman–Crippen MR) is 103 cm³/mol. The topological polar surface area (TPSA) is 65.5 Å². The molecule has 5 heteroatoms. The van der Waals surface area contributed by atoms with E-state index in [-0.39, 0.29) is 11.8 Å². The molecule has 2 aliphatic rings. The zero-order chi connectivity index (χ0) is 17.5. The Morgan fingerprint density at radius 1 is 1.16 bits per heavy atom. The average molecular weight is 342 g/mol. The number of carbonyl (C=O) groups excluding carboxylic acids is 1. The van der Waals surface area contributed by atoms with Crippen molar-refractivity contribution in [3.63, 3.8) is 0 Å². The van der Waals surface area contributed by atoms with E-state index in [0.29, 0.717) is 12.6 Å². The van der Waals surface area contributed by atoms with E-state index >= 15 is 0 Å². The molecule has 0 saturated heterocycles. The lowest BCUT2D eigenvalue weighted by Gasteiger charge is -2.20. The number of nitrogens with one attached hydrogen (secondary N) is 3. The smallest absolute Gasteiger partial charge is 0.227 e. The summed E-state index contributed by atoms with van der Waals surface area (Å²) in [6, 6.07) is 8.62. The number of carbonyl (C=O) groups is 1. The number of guanidine groups is 1. The van der Waals surface area contributed by atoms with Gasteiger partial charge in [0.05, 0.1) is 6.54 Å². The van der Waals surface area contributed by atoms with Gasteiger partial charge in [-0.25, -0.2) is 4.99 Å². The maximum absolute atomic E-state index is 12.4. The van der Waals surface area contributed by atoms with Crippen molar-refractivity contribution in [1.82, 2.24) is 10.6 Å². The summed E-state index contributed by atoms with van der Waals surface area (Å²) in [5.74, 6) is 1.23. The first-order valence-electron chi connectivity index (χ1n) is 9.69. The molecule has 25 heavy (non-hydrogen) atoms. The van der Waals surface area contributed by atoms with Crippen LogP contribution in [-0.4, -0.2) is 24.5 Å². The highest BCUT2D eigenvalue weighted by molar-refractivity contribution is 5.92. The van der Waals surface area contributed by atoms with Crippen LogP contribution in [0.25, 0.3) is 0 Å². The van der Waals surface area contributed by atoms with Crippen molar-refractivity contribution in [3.8, 4) is 0 Å². The molecule has 0 radical (unpaired) electrons. The van der Waals surface area contributed by atoms with Gasteiger partial charge in [0.25, 0.3) is 0 Å². The molecule has 2 fully saturated rings. The summed E-state index contributed by atoms with van der Waals surface area (Å²) in [6.07, 6.45) is 8.12. The van der Waals surface area contributed by atoms with E-state index in [1.165, 1.54) is 32.1 Å². The minimum Gasteiger partial charge on any atom is -0.357 e. The first-order chi connectivity index (χ1) is 12.2. The predicted octanol–water partition coefficient (Wildman–Crippen LogP) is 3.42. The molecule has 3 N–H and O–H groups in total. The monoisotopic (exact) mass is 342 g/mol. The Morgan fingerprint density at radius 3 is 2.68 bits per heavy atom. The lowest BCUT2D eigenvalue weighted by Crippen LogP contribution is -2.38. The average Bonchev–Trinajstić information content (AvgIpc) is 3.45. The summed E-state index contributed by atoms with van der Waals surface area (Å²) in [7, 11) is 0. The normalized spacial score (nSPS) is 18.7. The number of nitrogens with zero attached hydrogens (tertiary/aromatic N) is 1. The van der Waals surface area contributed by atoms with Crippen molar-refractivity contribution in [3.05, 3.63) is 29.8 Å². The van der Waals surface area contributed by atoms with Crippen LogP contribution in [0.4, 0.5) is 5.69 Å². The van der Waals surface area contributed by atoms with Gasteiger partial charge in [-0.2, -0.15) is 0 Å². The first kappa shape index (κ1) is 17.8. The molecule has 0 atom stereocenters. The molecule has 1 aromatic rings. The van der Waals surface area contributed by atoms with Crippen molar-refractivity contribution in [2.24, 2.45) is 10.9 Å². The van der Waals surface area contributed by atoms with Crippen LogP contribution in [0, 0.1) is 5.92 Å². The van der Waals surface area contributed by atoms with Crippen molar-refractivity contribution in [1.29, 1.82) is 0 Å². The van der Waals surface area contributed by atoms with Crippen molar-refractivity contribution < 1.29 is 4.79 Å². The number of aliphatic imine (C=N–C) groups is 1. The molecule has 1 amide bonds. The summed E-state index contributed by atoms with van der Waals surface area (Å²) >= 11 is 0. The van der Waals surface area contributed by atoms with Crippen LogP contribution in [0.15, 0.2) is 29.3 Å². The van der Waals surface area contributed by atoms with Crippen LogP contribution in [0.3, 0.4) is 0 Å². The summed E-state index contributed by atoms with van der Waals surface area (Å²) in [5, 5.41) is 9.79. The van der Waals surface area contributed by atoms with Crippen LogP contribution in [0.5, 0.6) is 0 Å². The molecule has 5 nitrogen and oxygen atoms in total. The fourth-order valence-electron chi connectivity index (χ4n) is 3.27. The van der Waals surface area contributed by atoms with Crippen LogP contribution >= 0.6 is 0 Å². The molecule has 136 valence electrons. The zero-order valence-electron chi connectivity index (χ0n) is 15.2. The SMILES string of the molecule is CCNC(=NCc1cccc(NC(=O)C2CCCCC2)c1)NC1CC1. The molecule has 0 aromatic heterocycles. The van der Waals surface area contributed by atoms with Gasteiger partial charge >= 0.3 is 0 Å². The van der Waals surface area contributed by atoms with Gasteiger partial charge in [0.2, 0.25) is 5.91 Å². The lowest BCUT2D eigenvalue weighted by molar-refractivity contribution is -0.120. The Hall–Kier alpha value is -2.04. The molecular formula is C20H30N4O. The number of benzene rings is 1. The number of hydrogen-bond acceptors (Lipinski definition) is 2. The molecule has 0 aliphatic heterocycles. The van der Waals surface area contributed by atoms with Gasteiger partial charge in [-0.05, 0) is 50.3 Å². The molecule has 3 rings (SSSR count). The van der Waals surface area contributed by atoms with Gasteiger partial charge in [-0.15, -0.1) is 0 Å². The van der Waals surface area contributed by atoms with Gasteiger partial charge in [-0.1, -0.05) is 31.4 Å². The summed E-state index contributed by atoms with van der Waals surface area (Å²) in [5.41, 5.74) is 1.98. The summed E-state index contributed by atoms with van der Waals surface area (Å²) in [4.78, 5) is 17.1. The fourth-order valence-corrected chi connectivity index (χ4v) is 3.27. The summed E-state index contributed by atoms with van der Waals surface area (Å²) in [6.45, 7) is 3.54. The Bertz CT molecular complexity index is 603. The lowest BCUT2D eigenvalue weighted by atomic mass is 9.88. The quantitative estimate of drug-likeness (QED) is 0.548. The molecule has 0 heterocycles. The maximum atomic E-state index is 12.4. The third-order valence-corrected chi connectivity index (χ3v) is 4.85.